The monoisotopic (exact) mass is 279 g/mol. The van der Waals surface area contributed by atoms with Gasteiger partial charge in [0.25, 0.3) is 0 Å². The Labute approximate surface area is 126 Å². The van der Waals surface area contributed by atoms with Gasteiger partial charge in [0.05, 0.1) is 11.4 Å². The number of anilines is 1. The Hall–Kier alpha value is -2.13. The zero-order valence-electron chi connectivity index (χ0n) is 12.6. The highest BCUT2D eigenvalue weighted by molar-refractivity contribution is 5.78. The maximum Gasteiger partial charge on any atom is 0.0632 e. The van der Waals surface area contributed by atoms with Crippen LogP contribution in [0.2, 0.25) is 0 Å². The van der Waals surface area contributed by atoms with Crippen molar-refractivity contribution in [1.82, 2.24) is 4.98 Å². The fraction of sp³-hybridized carbons (Fsp3) is 0.278. The van der Waals surface area contributed by atoms with E-state index in [9.17, 15) is 0 Å². The predicted molar refractivity (Wildman–Crippen MR) is 88.9 cm³/mol. The number of pyridine rings is 1. The van der Waals surface area contributed by atoms with E-state index in [1.165, 1.54) is 29.5 Å². The molecule has 1 aromatic carbocycles. The second-order valence-electron chi connectivity index (χ2n) is 5.76. The van der Waals surface area contributed by atoms with Crippen LogP contribution < -0.4 is 10.9 Å². The van der Waals surface area contributed by atoms with E-state index >= 15 is 0 Å². The molecule has 3 heteroatoms. The average Bonchev–Trinajstić information content (AvgIpc) is 3.29. The number of benzene rings is 1. The highest BCUT2D eigenvalue weighted by Crippen LogP contribution is 2.44. The van der Waals surface area contributed by atoms with E-state index in [1.54, 1.807) is 5.01 Å². The van der Waals surface area contributed by atoms with Gasteiger partial charge in [0.15, 0.2) is 0 Å². The normalized spacial score (nSPS) is 14.6. The highest BCUT2D eigenvalue weighted by Gasteiger charge is 2.26. The van der Waals surface area contributed by atoms with Crippen LogP contribution in [0.5, 0.6) is 0 Å². The summed E-state index contributed by atoms with van der Waals surface area (Å²) >= 11 is 0. The lowest BCUT2D eigenvalue weighted by molar-refractivity contribution is 1.00. The Morgan fingerprint density at radius 3 is 2.71 bits per heavy atom. The molecule has 21 heavy (non-hydrogen) atoms. The van der Waals surface area contributed by atoms with Crippen molar-refractivity contribution in [3.63, 3.8) is 0 Å². The second kappa shape index (κ2) is 5.70. The van der Waals surface area contributed by atoms with Gasteiger partial charge in [-0.15, -0.1) is 0 Å². The van der Waals surface area contributed by atoms with Gasteiger partial charge in [-0.1, -0.05) is 18.2 Å². The molecule has 1 aromatic heterocycles. The van der Waals surface area contributed by atoms with Gasteiger partial charge >= 0.3 is 0 Å². The highest BCUT2D eigenvalue weighted by atomic mass is 15.4. The third-order valence-corrected chi connectivity index (χ3v) is 3.87. The van der Waals surface area contributed by atoms with Crippen LogP contribution in [0, 0.1) is 6.92 Å². The Kier molecular flexibility index (Phi) is 3.76. The van der Waals surface area contributed by atoms with E-state index in [1.807, 2.05) is 19.3 Å². The zero-order chi connectivity index (χ0) is 14.8. The van der Waals surface area contributed by atoms with E-state index in [2.05, 4.69) is 48.3 Å². The standard InChI is InChI=1S/C18H21N3/c1-13-10-11-20-15(12-13)8-9-17-16(14-6-7-14)4-3-5-18(17)21(2)19/h3-5,8-12,14H,6-7,19H2,1-2H3/b9-8+. The molecular formula is C18H21N3. The summed E-state index contributed by atoms with van der Waals surface area (Å²) in [4.78, 5) is 4.39. The zero-order valence-corrected chi connectivity index (χ0v) is 12.6. The van der Waals surface area contributed by atoms with Crippen LogP contribution in [0.4, 0.5) is 5.69 Å². The van der Waals surface area contributed by atoms with Crippen LogP contribution in [0.25, 0.3) is 12.2 Å². The topological polar surface area (TPSA) is 42.2 Å². The van der Waals surface area contributed by atoms with Crippen molar-refractivity contribution in [2.45, 2.75) is 25.7 Å². The average molecular weight is 279 g/mol. The third-order valence-electron chi connectivity index (χ3n) is 3.87. The minimum atomic E-state index is 0.690. The molecule has 1 saturated carbocycles. The maximum atomic E-state index is 5.98. The molecule has 0 spiro atoms. The van der Waals surface area contributed by atoms with Crippen LogP contribution in [0.3, 0.4) is 0 Å². The van der Waals surface area contributed by atoms with Crippen LogP contribution in [-0.2, 0) is 0 Å². The second-order valence-corrected chi connectivity index (χ2v) is 5.76. The van der Waals surface area contributed by atoms with Crippen LogP contribution in [0.15, 0.2) is 36.5 Å². The van der Waals surface area contributed by atoms with E-state index in [0.29, 0.717) is 5.92 Å². The quantitative estimate of drug-likeness (QED) is 0.684. The van der Waals surface area contributed by atoms with E-state index in [-0.39, 0.29) is 0 Å². The number of hydrogen-bond acceptors (Lipinski definition) is 3. The van der Waals surface area contributed by atoms with Crippen molar-refractivity contribution < 1.29 is 0 Å². The van der Waals surface area contributed by atoms with E-state index in [4.69, 9.17) is 5.84 Å². The molecule has 0 aliphatic heterocycles. The van der Waals surface area contributed by atoms with Gasteiger partial charge in [-0.25, -0.2) is 5.84 Å². The molecule has 0 unspecified atom stereocenters. The summed E-state index contributed by atoms with van der Waals surface area (Å²) in [6, 6.07) is 10.5. The minimum absolute atomic E-state index is 0.690. The number of rotatable bonds is 4. The summed E-state index contributed by atoms with van der Waals surface area (Å²) in [7, 11) is 1.88. The van der Waals surface area contributed by atoms with Gasteiger partial charge in [0.2, 0.25) is 0 Å². The molecule has 1 aliphatic rings. The Balaban J connectivity index is 2.00. The predicted octanol–water partition coefficient (Wildman–Crippen LogP) is 3.75. The molecule has 0 saturated heterocycles. The molecule has 3 rings (SSSR count). The minimum Gasteiger partial charge on any atom is -0.314 e. The van der Waals surface area contributed by atoms with Crippen molar-refractivity contribution >= 4 is 17.8 Å². The maximum absolute atomic E-state index is 5.98. The van der Waals surface area contributed by atoms with Gasteiger partial charge in [-0.2, -0.15) is 0 Å². The molecule has 108 valence electrons. The number of hydrazine groups is 1. The van der Waals surface area contributed by atoms with Crippen LogP contribution >= 0.6 is 0 Å². The first-order valence-electron chi connectivity index (χ1n) is 7.37. The molecule has 0 atom stereocenters. The number of aryl methyl sites for hydroxylation is 1. The van der Waals surface area contributed by atoms with Crippen molar-refractivity contribution in [1.29, 1.82) is 0 Å². The fourth-order valence-corrected chi connectivity index (χ4v) is 2.63. The first kappa shape index (κ1) is 13.8. The summed E-state index contributed by atoms with van der Waals surface area (Å²) in [5.41, 5.74) is 5.87. The summed E-state index contributed by atoms with van der Waals surface area (Å²) in [6.07, 6.45) is 8.62. The fourth-order valence-electron chi connectivity index (χ4n) is 2.63. The summed E-state index contributed by atoms with van der Waals surface area (Å²) in [6.45, 7) is 2.08. The lowest BCUT2D eigenvalue weighted by Gasteiger charge is -2.18. The number of nitrogens with two attached hydrogens (primary N) is 1. The Morgan fingerprint density at radius 1 is 1.24 bits per heavy atom. The molecule has 1 heterocycles. The lowest BCUT2D eigenvalue weighted by Crippen LogP contribution is -2.26. The SMILES string of the molecule is Cc1ccnc(/C=C/c2c(C3CC3)cccc2N(C)N)c1. The molecule has 1 fully saturated rings. The molecule has 3 nitrogen and oxygen atoms in total. The van der Waals surface area contributed by atoms with Gasteiger partial charge in [0.1, 0.15) is 0 Å². The lowest BCUT2D eigenvalue weighted by atomic mass is 10.00. The van der Waals surface area contributed by atoms with E-state index < -0.39 is 0 Å². The van der Waals surface area contributed by atoms with Crippen LogP contribution in [-0.4, -0.2) is 12.0 Å². The van der Waals surface area contributed by atoms with Gasteiger partial charge in [-0.3, -0.25) is 4.98 Å². The number of aromatic nitrogens is 1. The largest absolute Gasteiger partial charge is 0.314 e. The smallest absolute Gasteiger partial charge is 0.0632 e. The van der Waals surface area contributed by atoms with Crippen molar-refractivity contribution in [3.8, 4) is 0 Å². The molecule has 0 amide bonds. The molecule has 1 aliphatic carbocycles. The molecule has 2 aromatic rings. The molecule has 0 bridgehead atoms. The third kappa shape index (κ3) is 3.14. The van der Waals surface area contributed by atoms with Crippen molar-refractivity contribution in [2.24, 2.45) is 5.84 Å². The van der Waals surface area contributed by atoms with Gasteiger partial charge < -0.3 is 5.01 Å². The number of nitrogens with zero attached hydrogens (tertiary/aromatic N) is 2. The van der Waals surface area contributed by atoms with E-state index in [0.717, 1.165) is 11.4 Å². The number of hydrogen-bond donors (Lipinski definition) is 1. The van der Waals surface area contributed by atoms with Gasteiger partial charge in [0, 0.05) is 18.8 Å². The van der Waals surface area contributed by atoms with Gasteiger partial charge in [-0.05, 0) is 61.1 Å². The Morgan fingerprint density at radius 2 is 2.05 bits per heavy atom. The van der Waals surface area contributed by atoms with Crippen LogP contribution in [0.1, 0.15) is 41.1 Å². The first-order valence-corrected chi connectivity index (χ1v) is 7.37. The summed E-state index contributed by atoms with van der Waals surface area (Å²) < 4.78 is 0. The summed E-state index contributed by atoms with van der Waals surface area (Å²) in [5, 5.41) is 1.69. The summed E-state index contributed by atoms with van der Waals surface area (Å²) in [5.74, 6) is 6.67. The van der Waals surface area contributed by atoms with Crippen molar-refractivity contribution in [2.75, 3.05) is 12.1 Å². The molecule has 0 radical (unpaired) electrons. The molecule has 2 N–H and O–H groups in total. The Bertz CT molecular complexity index is 650. The first-order chi connectivity index (χ1) is 10.1. The van der Waals surface area contributed by atoms with Crippen molar-refractivity contribution in [3.05, 3.63) is 58.9 Å². The molecular weight excluding hydrogens is 258 g/mol.